The van der Waals surface area contributed by atoms with E-state index in [1.807, 2.05) is 26.0 Å². The number of rotatable bonds is 10. The molecule has 258 valence electrons. The first-order chi connectivity index (χ1) is 23.3. The van der Waals surface area contributed by atoms with Crippen LogP contribution in [-0.2, 0) is 47.1 Å². The maximum Gasteiger partial charge on any atom is 0.338 e. The van der Waals surface area contributed by atoms with E-state index in [9.17, 15) is 19.5 Å². The van der Waals surface area contributed by atoms with Crippen molar-refractivity contribution in [2.24, 2.45) is 0 Å². The molecule has 0 spiro atoms. The lowest BCUT2D eigenvalue weighted by Crippen LogP contribution is -2.29. The van der Waals surface area contributed by atoms with E-state index in [-0.39, 0.29) is 31.2 Å². The van der Waals surface area contributed by atoms with Gasteiger partial charge in [-0.15, -0.1) is 0 Å². The second kappa shape index (κ2) is 15.5. The molecule has 2 aliphatic rings. The third kappa shape index (κ3) is 6.58. The maximum absolute atomic E-state index is 12.9. The summed E-state index contributed by atoms with van der Waals surface area (Å²) in [4.78, 5) is 37.8. The first kappa shape index (κ1) is 34.7. The second-order valence-electron chi connectivity index (χ2n) is 11.4. The third-order valence-electron chi connectivity index (χ3n) is 8.44. The Morgan fingerprint density at radius 1 is 0.771 bits per heavy atom. The van der Waals surface area contributed by atoms with Gasteiger partial charge in [0.05, 0.1) is 65.7 Å². The summed E-state index contributed by atoms with van der Waals surface area (Å²) in [6, 6.07) is 6.98. The smallest absolute Gasteiger partial charge is 0.338 e. The zero-order valence-electron chi connectivity index (χ0n) is 28.2. The Kier molecular flexibility index (Phi) is 11.2. The van der Waals surface area contributed by atoms with Gasteiger partial charge in [0.15, 0.2) is 0 Å². The minimum atomic E-state index is -0.482. The lowest BCUT2D eigenvalue weighted by Gasteiger charge is -2.24. The van der Waals surface area contributed by atoms with Gasteiger partial charge in [-0.2, -0.15) is 0 Å². The van der Waals surface area contributed by atoms with Crippen molar-refractivity contribution in [3.05, 3.63) is 67.2 Å². The molecule has 0 radical (unpaired) electrons. The molecule has 0 atom stereocenters. The molecule has 13 heteroatoms. The second-order valence-corrected chi connectivity index (χ2v) is 11.4. The van der Waals surface area contributed by atoms with E-state index in [2.05, 4.69) is 10.6 Å². The zero-order chi connectivity index (χ0) is 34.4. The van der Waals surface area contributed by atoms with Crippen LogP contribution in [0.3, 0.4) is 0 Å². The van der Waals surface area contributed by atoms with Crippen LogP contribution in [0.4, 0.5) is 11.4 Å². The summed E-state index contributed by atoms with van der Waals surface area (Å²) in [5.41, 5.74) is 5.35. The highest BCUT2D eigenvalue weighted by molar-refractivity contribution is 6.03. The summed E-state index contributed by atoms with van der Waals surface area (Å²) >= 11 is 0. The van der Waals surface area contributed by atoms with Gasteiger partial charge < -0.3 is 39.4 Å². The molecule has 0 bridgehead atoms. The SMILES string of the molecule is CCOc1cc(C(=O)OC)cc2c1c1c(c(=O)n2COC)CCCN1.CCOc1cc(CO)cc2c1c1c(c(=O)n2COC)CCCN1. The summed E-state index contributed by atoms with van der Waals surface area (Å²) in [6.07, 6.45) is 3.27. The molecule has 0 fully saturated rings. The number of aromatic nitrogens is 2. The summed E-state index contributed by atoms with van der Waals surface area (Å²) in [6.45, 7) is 6.54. The van der Waals surface area contributed by atoms with E-state index in [1.54, 1.807) is 23.8 Å². The normalized spacial score (nSPS) is 13.5. The lowest BCUT2D eigenvalue weighted by molar-refractivity contribution is 0.0600. The van der Waals surface area contributed by atoms with Crippen molar-refractivity contribution in [1.29, 1.82) is 0 Å². The fourth-order valence-electron chi connectivity index (χ4n) is 6.44. The molecule has 13 nitrogen and oxygen atoms in total. The number of fused-ring (bicyclic) bond motifs is 6. The van der Waals surface area contributed by atoms with Gasteiger partial charge in [0.2, 0.25) is 0 Å². The number of hydrogen-bond donors (Lipinski definition) is 3. The van der Waals surface area contributed by atoms with E-state index >= 15 is 0 Å². The highest BCUT2D eigenvalue weighted by atomic mass is 16.5. The predicted molar refractivity (Wildman–Crippen MR) is 184 cm³/mol. The molecule has 2 aromatic heterocycles. The molecule has 4 heterocycles. The molecule has 0 saturated heterocycles. The van der Waals surface area contributed by atoms with Crippen LogP contribution in [0, 0.1) is 0 Å². The first-order valence-corrected chi connectivity index (χ1v) is 16.2. The van der Waals surface area contributed by atoms with Crippen LogP contribution in [0.15, 0.2) is 33.9 Å². The molecule has 2 aliphatic heterocycles. The number of nitrogens with zero attached hydrogens (tertiary/aromatic N) is 2. The van der Waals surface area contributed by atoms with E-state index in [4.69, 9.17) is 23.7 Å². The Morgan fingerprint density at radius 3 is 1.73 bits per heavy atom. The van der Waals surface area contributed by atoms with Crippen LogP contribution in [-0.4, -0.2) is 67.8 Å². The van der Waals surface area contributed by atoms with Gasteiger partial charge in [0, 0.05) is 38.4 Å². The van der Waals surface area contributed by atoms with Crippen LogP contribution in [0.2, 0.25) is 0 Å². The van der Waals surface area contributed by atoms with E-state index in [1.165, 1.54) is 18.8 Å². The number of nitrogens with one attached hydrogen (secondary N) is 2. The lowest BCUT2D eigenvalue weighted by atomic mass is 9.99. The van der Waals surface area contributed by atoms with Crippen molar-refractivity contribution in [1.82, 2.24) is 9.13 Å². The highest BCUT2D eigenvalue weighted by Crippen LogP contribution is 2.38. The number of hydrogen-bond acceptors (Lipinski definition) is 11. The maximum atomic E-state index is 12.9. The monoisotopic (exact) mass is 664 g/mol. The summed E-state index contributed by atoms with van der Waals surface area (Å²) in [7, 11) is 4.42. The number of aliphatic hydroxyl groups is 1. The number of pyridine rings is 2. The number of anilines is 2. The number of carbonyl (C=O) groups is 1. The summed E-state index contributed by atoms with van der Waals surface area (Å²) < 4.78 is 30.0. The van der Waals surface area contributed by atoms with Gasteiger partial charge in [-0.1, -0.05) is 0 Å². The van der Waals surface area contributed by atoms with Crippen LogP contribution in [0.5, 0.6) is 11.5 Å². The molecule has 0 amide bonds. The summed E-state index contributed by atoms with van der Waals surface area (Å²) in [5, 5.41) is 17.9. The van der Waals surface area contributed by atoms with E-state index in [0.717, 1.165) is 71.1 Å². The van der Waals surface area contributed by atoms with Crippen molar-refractivity contribution >= 4 is 39.1 Å². The molecule has 4 aromatic rings. The number of ether oxygens (including phenoxy) is 5. The minimum absolute atomic E-state index is 0.0425. The number of esters is 1. The van der Waals surface area contributed by atoms with Crippen molar-refractivity contribution in [3.8, 4) is 11.5 Å². The topological polar surface area (TPSA) is 152 Å². The fourth-order valence-corrected chi connectivity index (χ4v) is 6.44. The standard InChI is InChI=1S/C18H22N2O5.C17H22N2O4/c1-4-25-14-9-11(18(22)24-3)8-13-15(14)16-12(6-5-7-19-16)17(21)20(13)10-23-2;1-3-23-14-8-11(9-20)7-13-15(14)16-12(5-4-6-18-16)17(21)19(13)10-22-2/h8-9,19H,4-7,10H2,1-3H3;7-8,18,20H,3-6,9-10H2,1-2H3. The summed E-state index contributed by atoms with van der Waals surface area (Å²) in [5.74, 6) is 0.755. The number of aliphatic hydroxyl groups excluding tert-OH is 1. The molecule has 48 heavy (non-hydrogen) atoms. The van der Waals surface area contributed by atoms with Crippen LogP contribution >= 0.6 is 0 Å². The van der Waals surface area contributed by atoms with Crippen molar-refractivity contribution in [2.75, 3.05) is 58.3 Å². The van der Waals surface area contributed by atoms with Gasteiger partial charge >= 0.3 is 5.97 Å². The van der Waals surface area contributed by atoms with Gasteiger partial charge in [0.25, 0.3) is 11.1 Å². The van der Waals surface area contributed by atoms with Gasteiger partial charge in [0.1, 0.15) is 25.0 Å². The van der Waals surface area contributed by atoms with Gasteiger partial charge in [-0.25, -0.2) is 4.79 Å². The number of benzene rings is 2. The Hall–Kier alpha value is -4.59. The quantitative estimate of drug-likeness (QED) is 0.211. The fraction of sp³-hybridized carbons (Fsp3) is 0.457. The van der Waals surface area contributed by atoms with Crippen molar-refractivity contribution in [3.63, 3.8) is 0 Å². The van der Waals surface area contributed by atoms with E-state index in [0.29, 0.717) is 47.8 Å². The molecule has 6 rings (SSSR count). The van der Waals surface area contributed by atoms with Crippen LogP contribution < -0.4 is 31.2 Å². The molecule has 2 aromatic carbocycles. The Morgan fingerprint density at radius 2 is 1.27 bits per heavy atom. The zero-order valence-corrected chi connectivity index (χ0v) is 28.2. The van der Waals surface area contributed by atoms with Crippen molar-refractivity contribution in [2.45, 2.75) is 59.6 Å². The Bertz CT molecular complexity index is 1930. The molecule has 3 N–H and O–H groups in total. The average Bonchev–Trinajstić information content (AvgIpc) is 3.11. The largest absolute Gasteiger partial charge is 0.493 e. The number of carbonyl (C=O) groups excluding carboxylic acids is 1. The minimum Gasteiger partial charge on any atom is -0.493 e. The van der Waals surface area contributed by atoms with Crippen molar-refractivity contribution < 1.29 is 33.6 Å². The average molecular weight is 665 g/mol. The van der Waals surface area contributed by atoms with Crippen LogP contribution in [0.1, 0.15) is 53.7 Å². The molecular weight excluding hydrogens is 620 g/mol. The molecular formula is C35H44N4O9. The predicted octanol–water partition coefficient (Wildman–Crippen LogP) is 4.00. The molecule has 0 saturated carbocycles. The highest BCUT2D eigenvalue weighted by Gasteiger charge is 2.25. The number of methoxy groups -OCH3 is 3. The Balaban J connectivity index is 0.000000188. The Labute approximate surface area is 278 Å². The van der Waals surface area contributed by atoms with Crippen LogP contribution in [0.25, 0.3) is 21.8 Å². The first-order valence-electron chi connectivity index (χ1n) is 16.2. The van der Waals surface area contributed by atoms with Gasteiger partial charge in [-0.3, -0.25) is 18.7 Å². The third-order valence-corrected chi connectivity index (χ3v) is 8.44. The van der Waals surface area contributed by atoms with Gasteiger partial charge in [-0.05, 0) is 69.4 Å². The molecule has 0 aliphatic carbocycles. The molecule has 0 unspecified atom stereocenters. The van der Waals surface area contributed by atoms with E-state index < -0.39 is 5.97 Å².